The Morgan fingerprint density at radius 1 is 1.23 bits per heavy atom. The molecule has 1 fully saturated rings. The number of urea groups is 1. The minimum absolute atomic E-state index is 0.142. The van der Waals surface area contributed by atoms with E-state index in [2.05, 4.69) is 5.32 Å². The molecule has 2 rings (SSSR count). The minimum atomic E-state index is -3.58. The van der Waals surface area contributed by atoms with Crippen molar-refractivity contribution in [2.24, 2.45) is 5.92 Å². The SMILES string of the molecule is Cc1ccc(S(=O)(=O)N(C)C(C)C)cc1NC(=O)N(C)CC1CCCC1. The van der Waals surface area contributed by atoms with Crippen LogP contribution in [-0.2, 0) is 10.0 Å². The first-order valence-corrected chi connectivity index (χ1v) is 10.7. The van der Waals surface area contributed by atoms with Gasteiger partial charge in [-0.1, -0.05) is 18.9 Å². The number of carbonyl (C=O) groups is 1. The average Bonchev–Trinajstić information content (AvgIpc) is 3.08. The second-order valence-electron chi connectivity index (χ2n) is 7.55. The highest BCUT2D eigenvalue weighted by Gasteiger charge is 2.24. The summed E-state index contributed by atoms with van der Waals surface area (Å²) in [5.41, 5.74) is 1.37. The molecule has 1 aromatic rings. The van der Waals surface area contributed by atoms with Gasteiger partial charge in [0.1, 0.15) is 0 Å². The maximum Gasteiger partial charge on any atom is 0.321 e. The van der Waals surface area contributed by atoms with E-state index >= 15 is 0 Å². The molecule has 1 N–H and O–H groups in total. The van der Waals surface area contributed by atoms with Crippen molar-refractivity contribution in [3.63, 3.8) is 0 Å². The molecular formula is C19H31N3O3S. The molecule has 0 heterocycles. The van der Waals surface area contributed by atoms with Crippen molar-refractivity contribution in [3.05, 3.63) is 23.8 Å². The van der Waals surface area contributed by atoms with Crippen molar-refractivity contribution in [2.75, 3.05) is 26.0 Å². The summed E-state index contributed by atoms with van der Waals surface area (Å²) in [6.45, 7) is 6.24. The Morgan fingerprint density at radius 2 is 1.85 bits per heavy atom. The molecule has 1 saturated carbocycles. The lowest BCUT2D eigenvalue weighted by atomic mass is 10.1. The molecule has 2 amide bonds. The van der Waals surface area contributed by atoms with Crippen LogP contribution in [0.2, 0.25) is 0 Å². The minimum Gasteiger partial charge on any atom is -0.327 e. The Bertz CT molecular complexity index is 740. The Balaban J connectivity index is 2.15. The highest BCUT2D eigenvalue weighted by Crippen LogP contribution is 2.26. The maximum absolute atomic E-state index is 12.7. The molecule has 0 aromatic heterocycles. The number of benzene rings is 1. The molecule has 0 bridgehead atoms. The normalized spacial score (nSPS) is 15.7. The van der Waals surface area contributed by atoms with Gasteiger partial charge < -0.3 is 10.2 Å². The van der Waals surface area contributed by atoms with Gasteiger partial charge >= 0.3 is 6.03 Å². The Kier molecular flexibility index (Phi) is 6.69. The van der Waals surface area contributed by atoms with Crippen molar-refractivity contribution in [3.8, 4) is 0 Å². The lowest BCUT2D eigenvalue weighted by Crippen LogP contribution is -2.35. The largest absolute Gasteiger partial charge is 0.327 e. The predicted molar refractivity (Wildman–Crippen MR) is 105 cm³/mol. The summed E-state index contributed by atoms with van der Waals surface area (Å²) in [4.78, 5) is 14.4. The van der Waals surface area contributed by atoms with Crippen LogP contribution in [0.3, 0.4) is 0 Å². The zero-order valence-electron chi connectivity index (χ0n) is 16.4. The van der Waals surface area contributed by atoms with Crippen LogP contribution in [0, 0.1) is 12.8 Å². The van der Waals surface area contributed by atoms with Gasteiger partial charge in [-0.05, 0) is 57.2 Å². The zero-order chi connectivity index (χ0) is 19.5. The van der Waals surface area contributed by atoms with Gasteiger partial charge in [0, 0.05) is 32.4 Å². The first-order chi connectivity index (χ1) is 12.1. The highest BCUT2D eigenvalue weighted by atomic mass is 32.2. The predicted octanol–water partition coefficient (Wildman–Crippen LogP) is 3.68. The van der Waals surface area contributed by atoms with E-state index < -0.39 is 10.0 Å². The van der Waals surface area contributed by atoms with E-state index in [9.17, 15) is 13.2 Å². The van der Waals surface area contributed by atoms with Crippen LogP contribution in [0.4, 0.5) is 10.5 Å². The Hall–Kier alpha value is -1.60. The Labute approximate surface area is 157 Å². The van der Waals surface area contributed by atoms with Crippen molar-refractivity contribution in [1.82, 2.24) is 9.21 Å². The first kappa shape index (κ1) is 20.7. The van der Waals surface area contributed by atoms with Crippen molar-refractivity contribution < 1.29 is 13.2 Å². The van der Waals surface area contributed by atoms with E-state index in [4.69, 9.17) is 0 Å². The number of rotatable bonds is 6. The molecule has 0 saturated heterocycles. The maximum atomic E-state index is 12.7. The Morgan fingerprint density at radius 3 is 2.42 bits per heavy atom. The summed E-state index contributed by atoms with van der Waals surface area (Å²) in [5.74, 6) is 0.568. The van der Waals surface area contributed by atoms with Gasteiger partial charge in [0.15, 0.2) is 0 Å². The highest BCUT2D eigenvalue weighted by molar-refractivity contribution is 7.89. The summed E-state index contributed by atoms with van der Waals surface area (Å²) in [5, 5.41) is 2.87. The number of anilines is 1. The second kappa shape index (κ2) is 8.39. The molecule has 0 aliphatic heterocycles. The molecule has 1 aromatic carbocycles. The number of aryl methyl sites for hydroxylation is 1. The smallest absolute Gasteiger partial charge is 0.321 e. The number of hydrogen-bond donors (Lipinski definition) is 1. The molecule has 0 unspecified atom stereocenters. The molecule has 26 heavy (non-hydrogen) atoms. The number of amides is 2. The topological polar surface area (TPSA) is 69.7 Å². The van der Waals surface area contributed by atoms with Crippen LogP contribution in [0.5, 0.6) is 0 Å². The monoisotopic (exact) mass is 381 g/mol. The number of nitrogens with one attached hydrogen (secondary N) is 1. The number of nitrogens with zero attached hydrogens (tertiary/aromatic N) is 2. The van der Waals surface area contributed by atoms with Crippen LogP contribution in [-0.4, -0.2) is 50.3 Å². The van der Waals surface area contributed by atoms with Gasteiger partial charge in [0.2, 0.25) is 10.0 Å². The lowest BCUT2D eigenvalue weighted by molar-refractivity contribution is 0.214. The fourth-order valence-corrected chi connectivity index (χ4v) is 4.61. The van der Waals surface area contributed by atoms with Crippen LogP contribution in [0.1, 0.15) is 45.1 Å². The number of carbonyl (C=O) groups excluding carboxylic acids is 1. The van der Waals surface area contributed by atoms with E-state index in [1.54, 1.807) is 37.2 Å². The first-order valence-electron chi connectivity index (χ1n) is 9.23. The van der Waals surface area contributed by atoms with Gasteiger partial charge in [-0.2, -0.15) is 4.31 Å². The quantitative estimate of drug-likeness (QED) is 0.817. The average molecular weight is 382 g/mol. The van der Waals surface area contributed by atoms with Crippen LogP contribution in [0.15, 0.2) is 23.1 Å². The fraction of sp³-hybridized carbons (Fsp3) is 0.632. The third-order valence-corrected chi connectivity index (χ3v) is 7.24. The summed E-state index contributed by atoms with van der Waals surface area (Å²) in [6.07, 6.45) is 4.82. The summed E-state index contributed by atoms with van der Waals surface area (Å²) in [7, 11) is -0.233. The van der Waals surface area contributed by atoms with E-state index in [1.165, 1.54) is 30.0 Å². The van der Waals surface area contributed by atoms with E-state index in [-0.39, 0.29) is 17.0 Å². The van der Waals surface area contributed by atoms with Gasteiger partial charge in [-0.25, -0.2) is 13.2 Å². The van der Waals surface area contributed by atoms with Gasteiger partial charge in [-0.15, -0.1) is 0 Å². The fourth-order valence-electron chi connectivity index (χ4n) is 3.21. The molecule has 1 aliphatic rings. The summed E-state index contributed by atoms with van der Waals surface area (Å²) in [6, 6.07) is 4.52. The standard InChI is InChI=1S/C19H31N3O3S/c1-14(2)22(5)26(24,25)17-11-10-15(3)18(12-17)20-19(23)21(4)13-16-8-6-7-9-16/h10-12,14,16H,6-9,13H2,1-5H3,(H,20,23). The van der Waals surface area contributed by atoms with E-state index in [1.807, 2.05) is 20.8 Å². The van der Waals surface area contributed by atoms with Gasteiger partial charge in [0.25, 0.3) is 0 Å². The zero-order valence-corrected chi connectivity index (χ0v) is 17.3. The van der Waals surface area contributed by atoms with E-state index in [0.29, 0.717) is 11.6 Å². The molecular weight excluding hydrogens is 350 g/mol. The van der Waals surface area contributed by atoms with E-state index in [0.717, 1.165) is 12.1 Å². The second-order valence-corrected chi connectivity index (χ2v) is 9.55. The van der Waals surface area contributed by atoms with Gasteiger partial charge in [-0.3, -0.25) is 0 Å². The molecule has 7 heteroatoms. The molecule has 0 atom stereocenters. The third-order valence-electron chi connectivity index (χ3n) is 5.21. The number of sulfonamides is 1. The molecule has 6 nitrogen and oxygen atoms in total. The van der Waals surface area contributed by atoms with Crippen LogP contribution in [0.25, 0.3) is 0 Å². The van der Waals surface area contributed by atoms with Crippen LogP contribution >= 0.6 is 0 Å². The van der Waals surface area contributed by atoms with Crippen molar-refractivity contribution in [2.45, 2.75) is 57.4 Å². The molecule has 146 valence electrons. The summed E-state index contributed by atoms with van der Waals surface area (Å²) >= 11 is 0. The molecule has 1 aliphatic carbocycles. The van der Waals surface area contributed by atoms with Gasteiger partial charge in [0.05, 0.1) is 4.90 Å². The van der Waals surface area contributed by atoms with Crippen molar-refractivity contribution >= 4 is 21.7 Å². The summed E-state index contributed by atoms with van der Waals surface area (Å²) < 4.78 is 26.7. The molecule has 0 radical (unpaired) electrons. The number of hydrogen-bond acceptors (Lipinski definition) is 3. The van der Waals surface area contributed by atoms with Crippen LogP contribution < -0.4 is 5.32 Å². The molecule has 0 spiro atoms. The third kappa shape index (κ3) is 4.76. The lowest BCUT2D eigenvalue weighted by Gasteiger charge is -2.23. The van der Waals surface area contributed by atoms with Crippen molar-refractivity contribution in [1.29, 1.82) is 0 Å².